The largest absolute Gasteiger partial charge is 0.331 e. The molecule has 1 N–H and O–H groups in total. The van der Waals surface area contributed by atoms with Crippen molar-refractivity contribution in [3.05, 3.63) is 77.1 Å². The van der Waals surface area contributed by atoms with Gasteiger partial charge in [-0.3, -0.25) is 4.79 Å². The maximum absolute atomic E-state index is 13.7. The Morgan fingerprint density at radius 3 is 2.71 bits per heavy atom. The molecule has 1 saturated heterocycles. The molecular weight excluding hydrogens is 436 g/mol. The average molecular weight is 464 g/mol. The molecule has 7 heteroatoms. The molecule has 2 aromatic heterocycles. The lowest BCUT2D eigenvalue weighted by molar-refractivity contribution is 0.0734. The molecule has 7 rings (SSSR count). The highest BCUT2D eigenvalue weighted by atomic mass is 16.2. The predicted octanol–water partition coefficient (Wildman–Crippen LogP) is 3.67. The molecule has 2 atom stereocenters. The number of hydrogen-bond donors (Lipinski definition) is 1. The molecule has 35 heavy (non-hydrogen) atoms. The number of nitrogens with zero attached hydrogens (tertiary/aromatic N) is 5. The van der Waals surface area contributed by atoms with Gasteiger partial charge in [-0.2, -0.15) is 0 Å². The maximum atomic E-state index is 13.7. The molecule has 5 heterocycles. The van der Waals surface area contributed by atoms with Gasteiger partial charge in [0.1, 0.15) is 11.6 Å². The quantitative estimate of drug-likeness (QED) is 0.459. The van der Waals surface area contributed by atoms with Gasteiger partial charge in [0.2, 0.25) is 0 Å². The predicted molar refractivity (Wildman–Crippen MR) is 133 cm³/mol. The van der Waals surface area contributed by atoms with Crippen molar-refractivity contribution in [2.75, 3.05) is 20.1 Å². The molecule has 2 bridgehead atoms. The first kappa shape index (κ1) is 17.4. The minimum absolute atomic E-state index is 0.275. The minimum atomic E-state index is -2.62. The van der Waals surface area contributed by atoms with Crippen LogP contribution in [0.1, 0.15) is 68.6 Å². The van der Waals surface area contributed by atoms with Crippen LogP contribution in [-0.2, 0) is 0 Å². The fraction of sp³-hybridized carbons (Fsp3) is 0.286. The third-order valence-electron chi connectivity index (χ3n) is 7.38. The Balaban J connectivity index is 1.42. The highest BCUT2D eigenvalue weighted by molar-refractivity contribution is 5.98. The van der Waals surface area contributed by atoms with Crippen LogP contribution in [0.4, 0.5) is 0 Å². The van der Waals surface area contributed by atoms with Crippen molar-refractivity contribution in [2.24, 2.45) is 0 Å². The number of aromatic nitrogens is 4. The van der Waals surface area contributed by atoms with Crippen LogP contribution in [0.5, 0.6) is 0 Å². The summed E-state index contributed by atoms with van der Waals surface area (Å²) in [5.41, 5.74) is 5.34. The molecular formula is C28H24N6O. The summed E-state index contributed by atoms with van der Waals surface area (Å²) in [6.07, 6.45) is 4.13. The first-order valence-electron chi connectivity index (χ1n) is 13.3. The van der Waals surface area contributed by atoms with Gasteiger partial charge in [0, 0.05) is 71.2 Å². The van der Waals surface area contributed by atoms with E-state index in [0.29, 0.717) is 23.7 Å². The average Bonchev–Trinajstić information content (AvgIpc) is 3.36. The van der Waals surface area contributed by atoms with Gasteiger partial charge in [0.15, 0.2) is 0 Å². The van der Waals surface area contributed by atoms with Crippen LogP contribution in [0, 0.1) is 11.8 Å². The Hall–Kier alpha value is -4.02. The zero-order valence-corrected chi connectivity index (χ0v) is 19.1. The fourth-order valence-corrected chi connectivity index (χ4v) is 5.54. The van der Waals surface area contributed by atoms with Gasteiger partial charge in [-0.15, -0.1) is 5.92 Å². The van der Waals surface area contributed by atoms with Gasteiger partial charge in [0.05, 0.1) is 23.1 Å². The van der Waals surface area contributed by atoms with Crippen molar-refractivity contribution in [1.82, 2.24) is 29.7 Å². The van der Waals surface area contributed by atoms with Crippen LogP contribution in [0.2, 0.25) is 0 Å². The topological polar surface area (TPSA) is 75.9 Å². The Morgan fingerprint density at radius 1 is 1.11 bits per heavy atom. The highest BCUT2D eigenvalue weighted by Gasteiger charge is 2.44. The number of nitrogens with one attached hydrogen (secondary N) is 1. The van der Waals surface area contributed by atoms with Crippen molar-refractivity contribution in [2.45, 2.75) is 31.3 Å². The summed E-state index contributed by atoms with van der Waals surface area (Å²) in [4.78, 5) is 28.7. The first-order chi connectivity index (χ1) is 18.3. The number of carbonyl (C=O) groups excluding carboxylic acids is 1. The van der Waals surface area contributed by atoms with Crippen LogP contribution in [0.15, 0.2) is 48.8 Å². The Kier molecular flexibility index (Phi) is 3.73. The van der Waals surface area contributed by atoms with Crippen molar-refractivity contribution in [1.29, 1.82) is 0 Å². The molecule has 0 aliphatic carbocycles. The zero-order chi connectivity index (χ0) is 26.2. The lowest BCUT2D eigenvalue weighted by atomic mass is 9.93. The highest BCUT2D eigenvalue weighted by Crippen LogP contribution is 2.48. The molecule has 4 aromatic rings. The van der Waals surface area contributed by atoms with Crippen molar-refractivity contribution in [3.8, 4) is 23.0 Å². The van der Waals surface area contributed by atoms with E-state index in [2.05, 4.69) is 37.8 Å². The van der Waals surface area contributed by atoms with Crippen molar-refractivity contribution in [3.63, 3.8) is 0 Å². The Labute approximate surface area is 207 Å². The van der Waals surface area contributed by atoms with Crippen LogP contribution in [-0.4, -0.2) is 50.4 Å². The Morgan fingerprint density at radius 2 is 1.97 bits per heavy atom. The van der Waals surface area contributed by atoms with Gasteiger partial charge in [0.25, 0.3) is 5.91 Å². The van der Waals surface area contributed by atoms with Gasteiger partial charge >= 0.3 is 0 Å². The molecule has 172 valence electrons. The van der Waals surface area contributed by atoms with Crippen molar-refractivity contribution < 1.29 is 8.91 Å². The number of carbonyl (C=O) groups is 1. The zero-order valence-electron chi connectivity index (χ0n) is 22.1. The Bertz CT molecular complexity index is 1680. The molecule has 0 unspecified atom stereocenters. The van der Waals surface area contributed by atoms with Crippen LogP contribution >= 0.6 is 0 Å². The van der Waals surface area contributed by atoms with E-state index in [0.717, 1.165) is 57.1 Å². The molecule has 3 aliphatic heterocycles. The number of rotatable bonds is 2. The smallest absolute Gasteiger partial charge is 0.254 e. The molecule has 0 spiro atoms. The van der Waals surface area contributed by atoms with Crippen LogP contribution < -0.4 is 5.32 Å². The summed E-state index contributed by atoms with van der Waals surface area (Å²) in [7, 11) is 0. The number of benzene rings is 2. The second kappa shape index (κ2) is 7.49. The number of hydrogen-bond acceptors (Lipinski definition) is 5. The van der Waals surface area contributed by atoms with Crippen LogP contribution in [0.25, 0.3) is 22.2 Å². The summed E-state index contributed by atoms with van der Waals surface area (Å²) < 4.78 is 26.8. The van der Waals surface area contributed by atoms with Gasteiger partial charge < -0.3 is 14.8 Å². The summed E-state index contributed by atoms with van der Waals surface area (Å²) in [6.45, 7) is 0.937. The third-order valence-corrected chi connectivity index (χ3v) is 7.38. The summed E-state index contributed by atoms with van der Waals surface area (Å²) in [5, 5.41) is 3.25. The monoisotopic (exact) mass is 463 g/mol. The van der Waals surface area contributed by atoms with E-state index >= 15 is 0 Å². The molecule has 7 nitrogen and oxygen atoms in total. The standard InChI is InChI=1S/C28H24N6O/c1-3-5-16-6-4-7-20-25(16)23-11-24(33(2)28(20)35)27-32-21-9-8-17(10-22(21)34(23)27)18-14-30-26(31-15-18)19-12-29-13-19/h4,6-10,14-15,19,23-24,29H,11-13H2,1-2H3/t23-,24-/m1/s1/i2D3. The van der Waals surface area contributed by atoms with Crippen molar-refractivity contribution >= 4 is 16.9 Å². The fourth-order valence-electron chi connectivity index (χ4n) is 5.54. The number of imidazole rings is 1. The molecule has 0 saturated carbocycles. The summed E-state index contributed by atoms with van der Waals surface area (Å²) in [6, 6.07) is 10.4. The van der Waals surface area contributed by atoms with Gasteiger partial charge in [-0.05, 0) is 36.8 Å². The van der Waals surface area contributed by atoms with Crippen LogP contribution in [0.3, 0.4) is 0 Å². The third kappa shape index (κ3) is 2.90. The van der Waals surface area contributed by atoms with Gasteiger partial charge in [-0.25, -0.2) is 15.0 Å². The SMILES string of the molecule is [2H]C([2H])([2H])N1C(=O)c2cccc(C#CC)c2[C@H]2C[C@@H]1c1nc3ccc(-c4cnc(C5CNC5)nc4)cc3n12. The minimum Gasteiger partial charge on any atom is -0.331 e. The van der Waals surface area contributed by atoms with E-state index in [4.69, 9.17) is 9.10 Å². The summed E-state index contributed by atoms with van der Waals surface area (Å²) >= 11 is 0. The summed E-state index contributed by atoms with van der Waals surface area (Å²) in [5.74, 6) is 7.36. The molecule has 3 aliphatic rings. The van der Waals surface area contributed by atoms with E-state index < -0.39 is 18.9 Å². The van der Waals surface area contributed by atoms with E-state index in [1.54, 1.807) is 19.1 Å². The lowest BCUT2D eigenvalue weighted by Gasteiger charge is -2.25. The van der Waals surface area contributed by atoms with E-state index in [9.17, 15) is 4.79 Å². The number of amides is 1. The second-order valence-corrected chi connectivity index (χ2v) is 9.31. The number of fused-ring (bicyclic) bond motifs is 9. The van der Waals surface area contributed by atoms with E-state index in [1.807, 2.05) is 30.6 Å². The van der Waals surface area contributed by atoms with E-state index in [1.165, 1.54) is 0 Å². The molecule has 1 amide bonds. The normalized spacial score (nSPS) is 22.3. The molecule has 1 fully saturated rings. The second-order valence-electron chi connectivity index (χ2n) is 9.31. The maximum Gasteiger partial charge on any atom is 0.254 e. The van der Waals surface area contributed by atoms with Gasteiger partial charge in [-0.1, -0.05) is 18.1 Å². The first-order valence-corrected chi connectivity index (χ1v) is 11.8. The molecule has 0 radical (unpaired) electrons. The van der Waals surface area contributed by atoms with E-state index in [-0.39, 0.29) is 6.04 Å². The lowest BCUT2D eigenvalue weighted by Crippen LogP contribution is -2.40. The molecule has 2 aromatic carbocycles.